The summed E-state index contributed by atoms with van der Waals surface area (Å²) in [5, 5.41) is 0. The van der Waals surface area contributed by atoms with Gasteiger partial charge in [-0.25, -0.2) is 8.42 Å². The molecule has 3 N–H and O–H groups in total. The number of rotatable bonds is 5. The highest BCUT2D eigenvalue weighted by Crippen LogP contribution is 2.21. The maximum absolute atomic E-state index is 12.1. The molecular formula is C15H18N2O2S. The molecule has 0 heterocycles. The molecule has 0 amide bonds. The molecule has 0 aliphatic rings. The van der Waals surface area contributed by atoms with Gasteiger partial charge in [-0.2, -0.15) is 0 Å². The predicted molar refractivity (Wildman–Crippen MR) is 83.1 cm³/mol. The van der Waals surface area contributed by atoms with Crippen LogP contribution < -0.4 is 10.5 Å². The first-order valence-corrected chi connectivity index (χ1v) is 8.02. The molecule has 0 saturated heterocycles. The van der Waals surface area contributed by atoms with Gasteiger partial charge in [0.2, 0.25) is 10.0 Å². The van der Waals surface area contributed by atoms with E-state index in [4.69, 9.17) is 5.73 Å². The molecule has 106 valence electrons. The molecule has 5 heteroatoms. The van der Waals surface area contributed by atoms with Crippen LogP contribution in [0.15, 0.2) is 48.5 Å². The summed E-state index contributed by atoms with van der Waals surface area (Å²) in [6, 6.07) is 14.8. The van der Waals surface area contributed by atoms with Crippen molar-refractivity contribution in [3.8, 4) is 0 Å². The van der Waals surface area contributed by atoms with Crippen LogP contribution in [0.4, 0.5) is 11.4 Å². The highest BCUT2D eigenvalue weighted by atomic mass is 32.2. The first-order valence-electron chi connectivity index (χ1n) is 6.37. The van der Waals surface area contributed by atoms with E-state index in [0.717, 1.165) is 11.1 Å². The van der Waals surface area contributed by atoms with Crippen LogP contribution in [-0.4, -0.2) is 14.2 Å². The Kier molecular flexibility index (Phi) is 4.29. The molecule has 0 aliphatic heterocycles. The number of hydrogen-bond acceptors (Lipinski definition) is 3. The number of nitrogens with one attached hydrogen (secondary N) is 1. The second-order valence-electron chi connectivity index (χ2n) is 4.75. The van der Waals surface area contributed by atoms with Gasteiger partial charge >= 0.3 is 0 Å². The monoisotopic (exact) mass is 290 g/mol. The number of hydrogen-bond donors (Lipinski definition) is 2. The summed E-state index contributed by atoms with van der Waals surface area (Å²) < 4.78 is 26.7. The van der Waals surface area contributed by atoms with Crippen molar-refractivity contribution in [2.24, 2.45) is 0 Å². The molecule has 0 aliphatic carbocycles. The minimum absolute atomic E-state index is 0.0321. The molecule has 20 heavy (non-hydrogen) atoms. The van der Waals surface area contributed by atoms with Gasteiger partial charge in [0.1, 0.15) is 0 Å². The number of benzene rings is 2. The third-order valence-electron chi connectivity index (χ3n) is 2.98. The van der Waals surface area contributed by atoms with Crippen molar-refractivity contribution in [2.45, 2.75) is 13.3 Å². The van der Waals surface area contributed by atoms with Crippen LogP contribution in [0.25, 0.3) is 0 Å². The fourth-order valence-corrected chi connectivity index (χ4v) is 2.99. The van der Waals surface area contributed by atoms with Gasteiger partial charge in [-0.3, -0.25) is 4.72 Å². The molecule has 0 saturated carbocycles. The Morgan fingerprint density at radius 1 is 1.10 bits per heavy atom. The summed E-state index contributed by atoms with van der Waals surface area (Å²) in [6.45, 7) is 1.89. The van der Waals surface area contributed by atoms with Gasteiger partial charge < -0.3 is 5.73 Å². The van der Waals surface area contributed by atoms with Gasteiger partial charge in [-0.15, -0.1) is 0 Å². The first kappa shape index (κ1) is 14.4. The molecular weight excluding hydrogens is 272 g/mol. The van der Waals surface area contributed by atoms with Crippen molar-refractivity contribution in [1.29, 1.82) is 0 Å². The van der Waals surface area contributed by atoms with Gasteiger partial charge in [-0.1, -0.05) is 36.4 Å². The van der Waals surface area contributed by atoms with E-state index in [1.54, 1.807) is 12.1 Å². The van der Waals surface area contributed by atoms with Gasteiger partial charge in [0.25, 0.3) is 0 Å². The summed E-state index contributed by atoms with van der Waals surface area (Å²) in [7, 11) is -3.40. The molecule has 0 radical (unpaired) electrons. The van der Waals surface area contributed by atoms with E-state index in [1.807, 2.05) is 43.3 Å². The van der Waals surface area contributed by atoms with Crippen molar-refractivity contribution in [3.63, 3.8) is 0 Å². The normalized spacial score (nSPS) is 11.2. The molecule has 2 rings (SSSR count). The van der Waals surface area contributed by atoms with E-state index in [2.05, 4.69) is 4.72 Å². The van der Waals surface area contributed by atoms with Gasteiger partial charge in [-0.05, 0) is 36.6 Å². The van der Waals surface area contributed by atoms with Crippen molar-refractivity contribution in [3.05, 3.63) is 59.7 Å². The van der Waals surface area contributed by atoms with Crippen LogP contribution in [0.5, 0.6) is 0 Å². The lowest BCUT2D eigenvalue weighted by Crippen LogP contribution is -2.19. The SMILES string of the molecule is Cc1ccc(N)c(NS(=O)(=O)CCc2ccccc2)c1. The number of aryl methyl sites for hydroxylation is 2. The first-order chi connectivity index (χ1) is 9.46. The van der Waals surface area contributed by atoms with E-state index in [0.29, 0.717) is 17.8 Å². The molecule has 2 aromatic rings. The zero-order chi connectivity index (χ0) is 14.6. The van der Waals surface area contributed by atoms with Crippen LogP contribution in [-0.2, 0) is 16.4 Å². The summed E-state index contributed by atoms with van der Waals surface area (Å²) >= 11 is 0. The van der Waals surface area contributed by atoms with Crippen molar-refractivity contribution in [2.75, 3.05) is 16.2 Å². The van der Waals surface area contributed by atoms with E-state index in [1.165, 1.54) is 0 Å². The van der Waals surface area contributed by atoms with E-state index < -0.39 is 10.0 Å². The van der Waals surface area contributed by atoms with Crippen molar-refractivity contribution < 1.29 is 8.42 Å². The second kappa shape index (κ2) is 5.96. The summed E-state index contributed by atoms with van der Waals surface area (Å²) in [6.07, 6.45) is 0.474. The Labute approximate surface area is 119 Å². The van der Waals surface area contributed by atoms with Crippen LogP contribution in [0.1, 0.15) is 11.1 Å². The Balaban J connectivity index is 2.06. The maximum Gasteiger partial charge on any atom is 0.233 e. The van der Waals surface area contributed by atoms with E-state index >= 15 is 0 Å². The third kappa shape index (κ3) is 3.99. The molecule has 2 aromatic carbocycles. The smallest absolute Gasteiger partial charge is 0.233 e. The zero-order valence-electron chi connectivity index (χ0n) is 11.3. The lowest BCUT2D eigenvalue weighted by atomic mass is 10.2. The number of nitrogen functional groups attached to an aromatic ring is 1. The topological polar surface area (TPSA) is 72.2 Å². The quantitative estimate of drug-likeness (QED) is 0.831. The highest BCUT2D eigenvalue weighted by Gasteiger charge is 2.12. The minimum Gasteiger partial charge on any atom is -0.397 e. The molecule has 0 bridgehead atoms. The molecule has 0 unspecified atom stereocenters. The minimum atomic E-state index is -3.40. The second-order valence-corrected chi connectivity index (χ2v) is 6.59. The van der Waals surface area contributed by atoms with Crippen molar-refractivity contribution >= 4 is 21.4 Å². The highest BCUT2D eigenvalue weighted by molar-refractivity contribution is 7.92. The number of anilines is 2. The van der Waals surface area contributed by atoms with E-state index in [-0.39, 0.29) is 5.75 Å². The van der Waals surface area contributed by atoms with Gasteiger partial charge in [0, 0.05) is 0 Å². The van der Waals surface area contributed by atoms with Gasteiger partial charge in [0.05, 0.1) is 17.1 Å². The molecule has 0 aromatic heterocycles. The Hall–Kier alpha value is -2.01. The van der Waals surface area contributed by atoms with Crippen LogP contribution in [0.2, 0.25) is 0 Å². The Morgan fingerprint density at radius 2 is 1.80 bits per heavy atom. The standard InChI is InChI=1S/C15H18N2O2S/c1-12-7-8-14(16)15(11-12)17-20(18,19)10-9-13-5-3-2-4-6-13/h2-8,11,17H,9-10,16H2,1H3. The van der Waals surface area contributed by atoms with Crippen LogP contribution in [0.3, 0.4) is 0 Å². The maximum atomic E-state index is 12.1. The number of sulfonamides is 1. The predicted octanol–water partition coefficient (Wildman–Crippen LogP) is 2.56. The largest absolute Gasteiger partial charge is 0.397 e. The number of nitrogens with two attached hydrogens (primary N) is 1. The molecule has 4 nitrogen and oxygen atoms in total. The lowest BCUT2D eigenvalue weighted by Gasteiger charge is -2.11. The van der Waals surface area contributed by atoms with E-state index in [9.17, 15) is 8.42 Å². The van der Waals surface area contributed by atoms with Crippen LogP contribution >= 0.6 is 0 Å². The van der Waals surface area contributed by atoms with Crippen LogP contribution in [0, 0.1) is 6.92 Å². The Bertz CT molecular complexity index is 682. The average molecular weight is 290 g/mol. The fourth-order valence-electron chi connectivity index (χ4n) is 1.87. The summed E-state index contributed by atoms with van der Waals surface area (Å²) in [4.78, 5) is 0. The van der Waals surface area contributed by atoms with Crippen molar-refractivity contribution in [1.82, 2.24) is 0 Å². The third-order valence-corrected chi connectivity index (χ3v) is 4.25. The van der Waals surface area contributed by atoms with Gasteiger partial charge in [0.15, 0.2) is 0 Å². The molecule has 0 spiro atoms. The summed E-state index contributed by atoms with van der Waals surface area (Å²) in [5.41, 5.74) is 8.60. The fraction of sp³-hybridized carbons (Fsp3) is 0.200. The summed E-state index contributed by atoms with van der Waals surface area (Å²) in [5.74, 6) is 0.0321. The Morgan fingerprint density at radius 3 is 2.50 bits per heavy atom. The zero-order valence-corrected chi connectivity index (χ0v) is 12.2. The lowest BCUT2D eigenvalue weighted by molar-refractivity contribution is 0.600. The average Bonchev–Trinajstić information content (AvgIpc) is 2.42. The molecule has 0 fully saturated rings. The molecule has 0 atom stereocenters.